The van der Waals surface area contributed by atoms with Crippen LogP contribution in [0.25, 0.3) is 11.0 Å². The number of benzene rings is 3. The fraction of sp³-hybridized carbons (Fsp3) is 0.333. The molecule has 0 aliphatic carbocycles. The highest BCUT2D eigenvalue weighted by Crippen LogP contribution is 2.20. The Hall–Kier alpha value is -3.31. The smallest absolute Gasteiger partial charge is 0.251 e. The Bertz CT molecular complexity index is 1280. The average Bonchev–Trinajstić information content (AvgIpc) is 3.24. The third-order valence-corrected chi connectivity index (χ3v) is 6.51. The van der Waals surface area contributed by atoms with Gasteiger partial charge in [-0.1, -0.05) is 55.8 Å². The van der Waals surface area contributed by atoms with Crippen molar-refractivity contribution in [3.05, 3.63) is 94.8 Å². The van der Waals surface area contributed by atoms with E-state index in [4.69, 9.17) is 21.3 Å². The van der Waals surface area contributed by atoms with Gasteiger partial charge in [0.25, 0.3) is 5.91 Å². The monoisotopic (exact) mass is 503 g/mol. The maximum absolute atomic E-state index is 12.4. The number of halogens is 1. The highest BCUT2D eigenvalue weighted by molar-refractivity contribution is 6.30. The summed E-state index contributed by atoms with van der Waals surface area (Å²) in [6, 6.07) is 23.6. The number of hydrogen-bond donors (Lipinski definition) is 1. The molecule has 0 unspecified atom stereocenters. The second-order valence-corrected chi connectivity index (χ2v) is 9.75. The predicted molar refractivity (Wildman–Crippen MR) is 147 cm³/mol. The topological polar surface area (TPSA) is 56.1 Å². The van der Waals surface area contributed by atoms with Gasteiger partial charge >= 0.3 is 0 Å². The van der Waals surface area contributed by atoms with E-state index in [9.17, 15) is 4.79 Å². The van der Waals surface area contributed by atoms with Crippen molar-refractivity contribution < 1.29 is 9.53 Å². The number of aromatic nitrogens is 2. The minimum atomic E-state index is -0.107. The van der Waals surface area contributed by atoms with Crippen LogP contribution < -0.4 is 10.1 Å². The lowest BCUT2D eigenvalue weighted by atomic mass is 10.0. The van der Waals surface area contributed by atoms with E-state index in [1.165, 1.54) is 5.56 Å². The third-order valence-electron chi connectivity index (χ3n) is 6.27. The Labute approximate surface area is 218 Å². The van der Waals surface area contributed by atoms with Crippen LogP contribution in [-0.2, 0) is 13.0 Å². The summed E-state index contributed by atoms with van der Waals surface area (Å²) in [7, 11) is 0. The number of para-hydroxylation sites is 2. The summed E-state index contributed by atoms with van der Waals surface area (Å²) in [4.78, 5) is 17.2. The Morgan fingerprint density at radius 3 is 2.58 bits per heavy atom. The predicted octanol–water partition coefficient (Wildman–Crippen LogP) is 7.03. The number of imidazole rings is 1. The van der Waals surface area contributed by atoms with Crippen LogP contribution in [0.4, 0.5) is 0 Å². The van der Waals surface area contributed by atoms with E-state index in [1.54, 1.807) is 24.3 Å². The number of unbranched alkanes of at least 4 members (excludes halogenated alkanes) is 1. The summed E-state index contributed by atoms with van der Waals surface area (Å²) in [6.07, 6.45) is 3.57. The van der Waals surface area contributed by atoms with E-state index in [1.807, 2.05) is 6.07 Å². The van der Waals surface area contributed by atoms with Gasteiger partial charge in [-0.3, -0.25) is 4.79 Å². The molecule has 4 aromatic rings. The summed E-state index contributed by atoms with van der Waals surface area (Å²) in [6.45, 7) is 6.55. The van der Waals surface area contributed by atoms with Gasteiger partial charge < -0.3 is 14.6 Å². The summed E-state index contributed by atoms with van der Waals surface area (Å²) in [5, 5.41) is 3.54. The molecular formula is C30H34ClN3O2. The maximum Gasteiger partial charge on any atom is 0.251 e. The van der Waals surface area contributed by atoms with E-state index in [-0.39, 0.29) is 5.91 Å². The fourth-order valence-electron chi connectivity index (χ4n) is 4.26. The SMILES string of the molecule is CC(C)c1ccc(OCCCCn2c(CCCNC(=O)c3cccc(Cl)c3)nc3ccccc32)cc1. The molecule has 0 radical (unpaired) electrons. The molecule has 1 heterocycles. The molecule has 188 valence electrons. The van der Waals surface area contributed by atoms with Crippen molar-refractivity contribution in [3.63, 3.8) is 0 Å². The number of amides is 1. The summed E-state index contributed by atoms with van der Waals surface area (Å²) in [5.41, 5.74) is 4.07. The molecule has 1 aromatic heterocycles. The van der Waals surface area contributed by atoms with Gasteiger partial charge in [0, 0.05) is 30.1 Å². The molecular weight excluding hydrogens is 470 g/mol. The first-order valence-corrected chi connectivity index (χ1v) is 13.1. The van der Waals surface area contributed by atoms with Crippen LogP contribution in [0.3, 0.4) is 0 Å². The molecule has 0 bridgehead atoms. The first-order chi connectivity index (χ1) is 17.5. The summed E-state index contributed by atoms with van der Waals surface area (Å²) < 4.78 is 8.26. The number of hydrogen-bond acceptors (Lipinski definition) is 3. The lowest BCUT2D eigenvalue weighted by molar-refractivity contribution is 0.0953. The number of ether oxygens (including phenoxy) is 1. The van der Waals surface area contributed by atoms with Crippen LogP contribution in [0.15, 0.2) is 72.8 Å². The second kappa shape index (κ2) is 12.6. The standard InChI is InChI=1S/C30H34ClN3O2/c1-22(2)23-14-16-26(17-15-23)36-20-6-5-19-34-28-12-4-3-11-27(28)33-29(34)13-8-18-32-30(35)24-9-7-10-25(31)21-24/h3-4,7,9-12,14-17,21-22H,5-6,8,13,18-20H2,1-2H3,(H,32,35). The van der Waals surface area contributed by atoms with E-state index < -0.39 is 0 Å². The van der Waals surface area contributed by atoms with Gasteiger partial charge in [0.1, 0.15) is 11.6 Å². The number of carbonyl (C=O) groups is 1. The minimum absolute atomic E-state index is 0.107. The highest BCUT2D eigenvalue weighted by atomic mass is 35.5. The number of fused-ring (bicyclic) bond motifs is 1. The summed E-state index contributed by atoms with van der Waals surface area (Å²) >= 11 is 6.00. The number of rotatable bonds is 12. The zero-order chi connectivity index (χ0) is 25.3. The molecule has 36 heavy (non-hydrogen) atoms. The second-order valence-electron chi connectivity index (χ2n) is 9.32. The fourth-order valence-corrected chi connectivity index (χ4v) is 4.45. The van der Waals surface area contributed by atoms with Crippen molar-refractivity contribution in [2.24, 2.45) is 0 Å². The van der Waals surface area contributed by atoms with Gasteiger partial charge in [-0.05, 0) is 73.2 Å². The summed E-state index contributed by atoms with van der Waals surface area (Å²) in [5.74, 6) is 2.40. The molecule has 5 nitrogen and oxygen atoms in total. The molecule has 0 aliphatic heterocycles. The minimum Gasteiger partial charge on any atom is -0.494 e. The largest absolute Gasteiger partial charge is 0.494 e. The molecule has 4 rings (SSSR count). The lowest BCUT2D eigenvalue weighted by Crippen LogP contribution is -2.25. The number of carbonyl (C=O) groups excluding carboxylic acids is 1. The first-order valence-electron chi connectivity index (χ1n) is 12.7. The van der Waals surface area contributed by atoms with Crippen molar-refractivity contribution in [2.45, 2.75) is 52.0 Å². The molecule has 6 heteroatoms. The Balaban J connectivity index is 1.27. The highest BCUT2D eigenvalue weighted by Gasteiger charge is 2.11. The zero-order valence-corrected chi connectivity index (χ0v) is 21.8. The van der Waals surface area contributed by atoms with Gasteiger partial charge in [0.2, 0.25) is 0 Å². The van der Waals surface area contributed by atoms with Crippen molar-refractivity contribution in [1.82, 2.24) is 14.9 Å². The number of aryl methyl sites for hydroxylation is 2. The molecule has 1 N–H and O–H groups in total. The van der Waals surface area contributed by atoms with Crippen LogP contribution >= 0.6 is 11.6 Å². The van der Waals surface area contributed by atoms with Crippen LogP contribution in [0, 0.1) is 0 Å². The lowest BCUT2D eigenvalue weighted by Gasteiger charge is -2.11. The van der Waals surface area contributed by atoms with Crippen molar-refractivity contribution in [1.29, 1.82) is 0 Å². The molecule has 0 aliphatic rings. The first kappa shape index (κ1) is 25.8. The van der Waals surface area contributed by atoms with Crippen molar-refractivity contribution in [3.8, 4) is 5.75 Å². The molecule has 3 aromatic carbocycles. The number of nitrogens with one attached hydrogen (secondary N) is 1. The third kappa shape index (κ3) is 6.88. The van der Waals surface area contributed by atoms with E-state index in [0.29, 0.717) is 29.7 Å². The Morgan fingerprint density at radius 2 is 1.81 bits per heavy atom. The molecule has 0 spiro atoms. The van der Waals surface area contributed by atoms with Crippen LogP contribution in [0.5, 0.6) is 5.75 Å². The van der Waals surface area contributed by atoms with Gasteiger partial charge in [0.15, 0.2) is 0 Å². The Morgan fingerprint density at radius 1 is 1.00 bits per heavy atom. The molecule has 0 fully saturated rings. The quantitative estimate of drug-likeness (QED) is 0.211. The molecule has 0 saturated carbocycles. The van der Waals surface area contributed by atoms with Gasteiger partial charge in [-0.25, -0.2) is 4.98 Å². The van der Waals surface area contributed by atoms with Gasteiger partial charge in [0.05, 0.1) is 17.6 Å². The molecule has 0 atom stereocenters. The van der Waals surface area contributed by atoms with E-state index in [0.717, 1.165) is 54.8 Å². The van der Waals surface area contributed by atoms with E-state index in [2.05, 4.69) is 66.2 Å². The molecule has 1 amide bonds. The van der Waals surface area contributed by atoms with Gasteiger partial charge in [-0.15, -0.1) is 0 Å². The zero-order valence-electron chi connectivity index (χ0n) is 21.0. The average molecular weight is 504 g/mol. The normalized spacial score (nSPS) is 11.2. The van der Waals surface area contributed by atoms with E-state index >= 15 is 0 Å². The van der Waals surface area contributed by atoms with Crippen LogP contribution in [0.1, 0.15) is 60.8 Å². The maximum atomic E-state index is 12.4. The molecule has 0 saturated heterocycles. The van der Waals surface area contributed by atoms with Crippen LogP contribution in [-0.4, -0.2) is 28.6 Å². The van der Waals surface area contributed by atoms with Crippen LogP contribution in [0.2, 0.25) is 5.02 Å². The van der Waals surface area contributed by atoms with Gasteiger partial charge in [-0.2, -0.15) is 0 Å². The number of nitrogens with zero attached hydrogens (tertiary/aromatic N) is 2. The van der Waals surface area contributed by atoms with Crippen molar-refractivity contribution in [2.75, 3.05) is 13.2 Å². The van der Waals surface area contributed by atoms with Crippen molar-refractivity contribution >= 4 is 28.5 Å². The Kier molecular flexibility index (Phi) is 9.01.